The molecule has 0 radical (unpaired) electrons. The number of benzene rings is 1. The van der Waals surface area contributed by atoms with E-state index < -0.39 is 11.9 Å². The molecular formula is C12H7FN4OS. The Bertz CT molecular complexity index is 740. The van der Waals surface area contributed by atoms with Crippen LogP contribution in [0.2, 0.25) is 0 Å². The SMILES string of the molecule is O=C(Nc1cccc2c1N=S=N2)c1cccnc1F. The maximum atomic E-state index is 13.4. The second-order valence-corrected chi connectivity index (χ2v) is 4.26. The molecule has 94 valence electrons. The minimum absolute atomic E-state index is 0.109. The van der Waals surface area contributed by atoms with Crippen molar-refractivity contribution in [1.82, 2.24) is 4.98 Å². The molecule has 5 nitrogen and oxygen atoms in total. The van der Waals surface area contributed by atoms with Crippen molar-refractivity contribution in [1.29, 1.82) is 0 Å². The lowest BCUT2D eigenvalue weighted by molar-refractivity contribution is 0.102. The van der Waals surface area contributed by atoms with Gasteiger partial charge >= 0.3 is 0 Å². The van der Waals surface area contributed by atoms with Crippen LogP contribution in [0.25, 0.3) is 0 Å². The zero-order valence-corrected chi connectivity index (χ0v) is 10.3. The quantitative estimate of drug-likeness (QED) is 0.729. The van der Waals surface area contributed by atoms with Crippen molar-refractivity contribution in [3.63, 3.8) is 0 Å². The van der Waals surface area contributed by atoms with Gasteiger partial charge in [-0.15, -0.1) is 0 Å². The van der Waals surface area contributed by atoms with Crippen LogP contribution in [0.1, 0.15) is 10.4 Å². The fourth-order valence-corrected chi connectivity index (χ4v) is 2.20. The molecule has 0 spiro atoms. The summed E-state index contributed by atoms with van der Waals surface area (Å²) in [5, 5.41) is 2.61. The van der Waals surface area contributed by atoms with Gasteiger partial charge in [-0.2, -0.15) is 13.1 Å². The van der Waals surface area contributed by atoms with E-state index in [9.17, 15) is 9.18 Å². The molecule has 0 unspecified atom stereocenters. The molecule has 2 heterocycles. The molecule has 7 heteroatoms. The Morgan fingerprint density at radius 3 is 2.95 bits per heavy atom. The van der Waals surface area contributed by atoms with Crippen LogP contribution in [0.5, 0.6) is 0 Å². The molecule has 1 aliphatic heterocycles. The zero-order valence-electron chi connectivity index (χ0n) is 9.50. The summed E-state index contributed by atoms with van der Waals surface area (Å²) in [7, 11) is 0. The molecule has 0 atom stereocenters. The Kier molecular flexibility index (Phi) is 2.88. The largest absolute Gasteiger partial charge is 0.320 e. The number of hydrogen-bond donors (Lipinski definition) is 1. The van der Waals surface area contributed by atoms with Crippen LogP contribution in [0.4, 0.5) is 21.5 Å². The number of carbonyl (C=O) groups excluding carboxylic acids is 1. The van der Waals surface area contributed by atoms with Crippen LogP contribution in [0, 0.1) is 5.95 Å². The third-order valence-corrected chi connectivity index (χ3v) is 3.08. The summed E-state index contributed by atoms with van der Waals surface area (Å²) in [5.74, 6) is -1.37. The fraction of sp³-hybridized carbons (Fsp3) is 0. The molecule has 0 aliphatic carbocycles. The first-order chi connectivity index (χ1) is 9.25. The first-order valence-electron chi connectivity index (χ1n) is 5.39. The van der Waals surface area contributed by atoms with Gasteiger partial charge in [0.15, 0.2) is 0 Å². The normalized spacial score (nSPS) is 11.8. The van der Waals surface area contributed by atoms with Gasteiger partial charge in [0.25, 0.3) is 5.91 Å². The van der Waals surface area contributed by atoms with Crippen molar-refractivity contribution in [2.24, 2.45) is 8.73 Å². The van der Waals surface area contributed by atoms with Crippen molar-refractivity contribution in [2.45, 2.75) is 0 Å². The van der Waals surface area contributed by atoms with E-state index in [0.29, 0.717) is 17.1 Å². The van der Waals surface area contributed by atoms with E-state index in [2.05, 4.69) is 19.0 Å². The Morgan fingerprint density at radius 2 is 2.11 bits per heavy atom. The Hall–Kier alpha value is -2.41. The summed E-state index contributed by atoms with van der Waals surface area (Å²) in [6.45, 7) is 0. The van der Waals surface area contributed by atoms with Crippen LogP contribution < -0.4 is 5.32 Å². The van der Waals surface area contributed by atoms with Gasteiger partial charge in [0.05, 0.1) is 22.6 Å². The highest BCUT2D eigenvalue weighted by atomic mass is 32.1. The highest BCUT2D eigenvalue weighted by Crippen LogP contribution is 2.38. The molecule has 1 amide bonds. The van der Waals surface area contributed by atoms with Gasteiger partial charge in [0, 0.05) is 6.20 Å². The predicted molar refractivity (Wildman–Crippen MR) is 70.1 cm³/mol. The summed E-state index contributed by atoms with van der Waals surface area (Å²) < 4.78 is 21.6. The molecule has 3 rings (SSSR count). The first kappa shape index (κ1) is 11.7. The average Bonchev–Trinajstić information content (AvgIpc) is 2.88. The van der Waals surface area contributed by atoms with Crippen molar-refractivity contribution < 1.29 is 9.18 Å². The fourth-order valence-electron chi connectivity index (χ4n) is 1.65. The van der Waals surface area contributed by atoms with Crippen LogP contribution >= 0.6 is 0 Å². The highest BCUT2D eigenvalue weighted by Gasteiger charge is 2.16. The topological polar surface area (TPSA) is 66.7 Å². The molecule has 0 fully saturated rings. The van der Waals surface area contributed by atoms with E-state index in [1.807, 2.05) is 0 Å². The maximum Gasteiger partial charge on any atom is 0.260 e. The predicted octanol–water partition coefficient (Wildman–Crippen LogP) is 3.20. The number of aromatic nitrogens is 1. The Labute approximate surface area is 111 Å². The Morgan fingerprint density at radius 1 is 1.21 bits per heavy atom. The molecule has 1 N–H and O–H groups in total. The van der Waals surface area contributed by atoms with Crippen molar-refractivity contribution in [3.05, 3.63) is 48.0 Å². The van der Waals surface area contributed by atoms with Crippen LogP contribution in [-0.2, 0) is 11.4 Å². The number of nitrogens with one attached hydrogen (secondary N) is 1. The number of nitrogens with zero attached hydrogens (tertiary/aromatic N) is 3. The van der Waals surface area contributed by atoms with Gasteiger partial charge in [-0.25, -0.2) is 4.98 Å². The molecule has 1 aromatic heterocycles. The van der Waals surface area contributed by atoms with Gasteiger partial charge in [-0.1, -0.05) is 6.07 Å². The second kappa shape index (κ2) is 4.69. The third kappa shape index (κ3) is 2.15. The second-order valence-electron chi connectivity index (χ2n) is 3.73. The molecule has 2 aromatic rings. The molecule has 0 saturated carbocycles. The summed E-state index contributed by atoms with van der Waals surface area (Å²) in [6, 6.07) is 8.11. The molecule has 0 saturated heterocycles. The maximum absolute atomic E-state index is 13.4. The Balaban J connectivity index is 1.91. The lowest BCUT2D eigenvalue weighted by atomic mass is 10.2. The summed E-state index contributed by atoms with van der Waals surface area (Å²) in [6.07, 6.45) is 1.29. The summed E-state index contributed by atoms with van der Waals surface area (Å²) in [5.41, 5.74) is 1.67. The van der Waals surface area contributed by atoms with Crippen molar-refractivity contribution in [3.8, 4) is 0 Å². The first-order valence-corrected chi connectivity index (χ1v) is 6.12. The minimum Gasteiger partial charge on any atom is -0.320 e. The number of halogens is 1. The average molecular weight is 274 g/mol. The third-order valence-electron chi connectivity index (χ3n) is 2.54. The van der Waals surface area contributed by atoms with Crippen molar-refractivity contribution >= 4 is 34.3 Å². The van der Waals surface area contributed by atoms with Crippen molar-refractivity contribution in [2.75, 3.05) is 5.32 Å². The van der Waals surface area contributed by atoms with E-state index in [0.717, 1.165) is 11.4 Å². The van der Waals surface area contributed by atoms with Crippen LogP contribution in [0.3, 0.4) is 0 Å². The van der Waals surface area contributed by atoms with Crippen LogP contribution in [-0.4, -0.2) is 10.9 Å². The monoisotopic (exact) mass is 274 g/mol. The number of anilines is 1. The molecule has 0 bridgehead atoms. The molecule has 1 aliphatic rings. The van der Waals surface area contributed by atoms with E-state index >= 15 is 0 Å². The van der Waals surface area contributed by atoms with Crippen LogP contribution in [0.15, 0.2) is 45.3 Å². The van der Waals surface area contributed by atoms with E-state index in [1.165, 1.54) is 18.3 Å². The van der Waals surface area contributed by atoms with E-state index in [1.54, 1.807) is 18.2 Å². The summed E-state index contributed by atoms with van der Waals surface area (Å²) in [4.78, 5) is 15.4. The van der Waals surface area contributed by atoms with Gasteiger partial charge in [-0.05, 0) is 24.3 Å². The minimum atomic E-state index is -0.802. The summed E-state index contributed by atoms with van der Waals surface area (Å²) >= 11 is 1.06. The number of rotatable bonds is 2. The van der Waals surface area contributed by atoms with Gasteiger partial charge < -0.3 is 5.32 Å². The molecule has 1 aromatic carbocycles. The molecular weight excluding hydrogens is 267 g/mol. The number of pyridine rings is 1. The van der Waals surface area contributed by atoms with Gasteiger partial charge in [-0.3, -0.25) is 4.79 Å². The lowest BCUT2D eigenvalue weighted by Crippen LogP contribution is -2.14. The lowest BCUT2D eigenvalue weighted by Gasteiger charge is -2.07. The number of amides is 1. The van der Waals surface area contributed by atoms with E-state index in [-0.39, 0.29) is 5.56 Å². The number of fused-ring (bicyclic) bond motifs is 1. The van der Waals surface area contributed by atoms with E-state index in [4.69, 9.17) is 0 Å². The van der Waals surface area contributed by atoms with Gasteiger partial charge in [0.1, 0.15) is 11.4 Å². The van der Waals surface area contributed by atoms with Gasteiger partial charge in [0.2, 0.25) is 5.95 Å². The number of carbonyl (C=O) groups is 1. The standard InChI is InChI=1S/C12H7FN4OS/c13-11-7(3-2-6-14-11)12(18)15-8-4-1-5-9-10(8)17-19-16-9/h1-6H,(H,15,18). The smallest absolute Gasteiger partial charge is 0.260 e. The highest BCUT2D eigenvalue weighted by molar-refractivity contribution is 7.58. The zero-order chi connectivity index (χ0) is 13.2. The molecule has 19 heavy (non-hydrogen) atoms. The number of hydrogen-bond acceptors (Lipinski definition) is 4.